The highest BCUT2D eigenvalue weighted by Gasteiger charge is 2.54. The van der Waals surface area contributed by atoms with E-state index in [0.29, 0.717) is 25.7 Å². The highest BCUT2D eigenvalue weighted by atomic mass is 31.2. The average molecular weight is 925 g/mol. The van der Waals surface area contributed by atoms with E-state index in [0.717, 1.165) is 89.9 Å². The van der Waals surface area contributed by atoms with Crippen molar-refractivity contribution in [1.82, 2.24) is 0 Å². The summed E-state index contributed by atoms with van der Waals surface area (Å²) >= 11 is 0. The lowest BCUT2D eigenvalue weighted by atomic mass is 9.85. The van der Waals surface area contributed by atoms with Gasteiger partial charge in [-0.25, -0.2) is 9.13 Å². The molecule has 358 valence electrons. The summed E-state index contributed by atoms with van der Waals surface area (Å²) in [5.41, 5.74) is 0. The predicted molar refractivity (Wildman–Crippen MR) is 232 cm³/mol. The molecule has 5 unspecified atom stereocenters. The number of hydrogen-bond acceptors (Lipinski definition) is 14. The molecule has 8 atom stereocenters. The molecule has 1 saturated carbocycles. The normalized spacial score (nSPS) is 22.5. The minimum atomic E-state index is -5.38. The number of rotatable bonds is 36. The maximum atomic E-state index is 12.9. The summed E-state index contributed by atoms with van der Waals surface area (Å²) in [5, 5.41) is 41.1. The number of esters is 2. The van der Waals surface area contributed by atoms with Gasteiger partial charge in [0, 0.05) is 19.3 Å². The Balaban J connectivity index is 2.67. The van der Waals surface area contributed by atoms with Gasteiger partial charge in [-0.15, -0.1) is 0 Å². The van der Waals surface area contributed by atoms with Gasteiger partial charge in [-0.2, -0.15) is 0 Å². The van der Waals surface area contributed by atoms with Crippen molar-refractivity contribution in [2.75, 3.05) is 13.2 Å². The number of phosphoric ester groups is 2. The number of unbranched alkanes of at least 4 members (excludes halogenated alkanes) is 13. The first-order chi connectivity index (χ1) is 29.5. The summed E-state index contributed by atoms with van der Waals surface area (Å²) in [6, 6.07) is 0. The predicted octanol–water partition coefficient (Wildman–Crippen LogP) is 6.90. The van der Waals surface area contributed by atoms with E-state index in [1.165, 1.54) is 6.42 Å². The van der Waals surface area contributed by atoms with Crippen molar-refractivity contribution in [3.8, 4) is 0 Å². The molecule has 0 radical (unpaired) electrons. The number of aliphatic hydroxyl groups is 4. The van der Waals surface area contributed by atoms with Gasteiger partial charge in [0.05, 0.1) is 6.61 Å². The second-order valence-corrected chi connectivity index (χ2v) is 18.0. The minimum Gasteiger partial charge on any atom is -0.462 e. The van der Waals surface area contributed by atoms with Crippen LogP contribution >= 0.6 is 15.6 Å². The van der Waals surface area contributed by atoms with Gasteiger partial charge in [0.1, 0.15) is 43.2 Å². The van der Waals surface area contributed by atoms with Gasteiger partial charge < -0.3 is 44.6 Å². The van der Waals surface area contributed by atoms with E-state index in [2.05, 4.69) is 48.8 Å². The van der Waals surface area contributed by atoms with Crippen molar-refractivity contribution < 1.29 is 81.7 Å². The molecular weight excluding hydrogens is 850 g/mol. The van der Waals surface area contributed by atoms with Gasteiger partial charge >= 0.3 is 27.6 Å². The number of carbonyl (C=O) groups is 3. The fourth-order valence-electron chi connectivity index (χ4n) is 6.34. The van der Waals surface area contributed by atoms with Crippen LogP contribution in [0.2, 0.25) is 0 Å². The molecular formula is C43H74O17P2. The molecule has 0 heterocycles. The Morgan fingerprint density at radius 1 is 0.565 bits per heavy atom. The summed E-state index contributed by atoms with van der Waals surface area (Å²) in [6.45, 7) is 2.85. The van der Waals surface area contributed by atoms with Crippen LogP contribution in [0.3, 0.4) is 0 Å². The van der Waals surface area contributed by atoms with Gasteiger partial charge in [0.2, 0.25) is 0 Å². The Morgan fingerprint density at radius 2 is 1.11 bits per heavy atom. The van der Waals surface area contributed by atoms with Crippen LogP contribution in [0.5, 0.6) is 0 Å². The maximum Gasteiger partial charge on any atom is 0.472 e. The molecule has 19 heteroatoms. The zero-order chi connectivity index (χ0) is 46.2. The molecule has 1 aliphatic rings. The zero-order valence-corrected chi connectivity index (χ0v) is 38.3. The van der Waals surface area contributed by atoms with Crippen molar-refractivity contribution in [3.05, 3.63) is 48.6 Å². The van der Waals surface area contributed by atoms with Crippen LogP contribution in [-0.4, -0.2) is 109 Å². The third-order valence-corrected chi connectivity index (χ3v) is 11.3. The van der Waals surface area contributed by atoms with Crippen molar-refractivity contribution in [2.24, 2.45) is 0 Å². The highest BCUT2D eigenvalue weighted by molar-refractivity contribution is 7.47. The summed E-state index contributed by atoms with van der Waals surface area (Å²) in [6.07, 6.45) is 17.6. The van der Waals surface area contributed by atoms with Crippen molar-refractivity contribution >= 4 is 33.4 Å². The first-order valence-electron chi connectivity index (χ1n) is 22.1. The van der Waals surface area contributed by atoms with Gasteiger partial charge in [-0.1, -0.05) is 114 Å². The lowest BCUT2D eigenvalue weighted by molar-refractivity contribution is -0.216. The molecule has 1 fully saturated rings. The van der Waals surface area contributed by atoms with Crippen LogP contribution in [0, 0.1) is 0 Å². The molecule has 17 nitrogen and oxygen atoms in total. The van der Waals surface area contributed by atoms with Gasteiger partial charge in [-0.3, -0.25) is 28.0 Å². The van der Waals surface area contributed by atoms with Gasteiger partial charge in [-0.05, 0) is 63.9 Å². The van der Waals surface area contributed by atoms with Crippen molar-refractivity contribution in [3.63, 3.8) is 0 Å². The highest BCUT2D eigenvalue weighted by Crippen LogP contribution is 2.49. The quantitative estimate of drug-likeness (QED) is 0.00840. The summed E-state index contributed by atoms with van der Waals surface area (Å²) in [7, 11) is -10.7. The monoisotopic (exact) mass is 924 g/mol. The van der Waals surface area contributed by atoms with Crippen LogP contribution in [-0.2, 0) is 46.6 Å². The number of ether oxygens (including phenoxy) is 2. The second-order valence-electron chi connectivity index (χ2n) is 15.4. The number of ketones is 1. The maximum absolute atomic E-state index is 12.9. The fourth-order valence-corrected chi connectivity index (χ4v) is 7.88. The van der Waals surface area contributed by atoms with Gasteiger partial charge in [0.25, 0.3) is 0 Å². The Morgan fingerprint density at radius 3 is 1.74 bits per heavy atom. The first kappa shape index (κ1) is 57.6. The van der Waals surface area contributed by atoms with Crippen LogP contribution < -0.4 is 0 Å². The third kappa shape index (κ3) is 28.4. The van der Waals surface area contributed by atoms with E-state index >= 15 is 0 Å². The molecule has 0 aliphatic heterocycles. The van der Waals surface area contributed by atoms with E-state index < -0.39 is 83.5 Å². The zero-order valence-electron chi connectivity index (χ0n) is 36.5. The standard InChI is InChI=1S/C43H74O17P2/c1-3-5-7-9-11-12-13-14-15-16-18-22-27-31-37(46)58-35(32-56-36(45)30-26-23-19-21-25-29-34(44)28-24-20-17-10-8-6-4-2)33-57-62(54,55)60-43-40(49)38(47)39(48)42(41(43)50)59-61(51,52)53/h7,9,12-13,17,20,24,28,35,38-43,47-50H,3-6,8,10-11,14-16,18-19,21-23,25-27,29-33H2,1-2H3,(H,54,55)(H2,51,52,53)/b9-7-,13-12-,20-17-,28-24+/t35-,38?,39?,40?,41?,42-,43+/m1/s1. The van der Waals surface area contributed by atoms with Crippen molar-refractivity contribution in [2.45, 2.75) is 191 Å². The molecule has 7 N–H and O–H groups in total. The Hall–Kier alpha value is -2.37. The SMILES string of the molecule is CCC/C=C\C/C=C\CCCCCCCC(=O)O[C@H](COC(=O)CCCCCCCC(=O)/C=C/C=C\CCCCC)COP(=O)(O)O[C@H]1C(O)C(O)C(O)[C@@H](OP(=O)(O)O)C1O. The number of phosphoric acid groups is 2. The molecule has 1 rings (SSSR count). The van der Waals surface area contributed by atoms with Crippen LogP contribution in [0.4, 0.5) is 0 Å². The Bertz CT molecular complexity index is 1460. The van der Waals surface area contributed by atoms with Gasteiger partial charge in [0.15, 0.2) is 11.9 Å². The molecule has 0 saturated heterocycles. The molecule has 0 aromatic heterocycles. The summed E-state index contributed by atoms with van der Waals surface area (Å²) < 4.78 is 49.1. The average Bonchev–Trinajstić information content (AvgIpc) is 3.22. The minimum absolute atomic E-state index is 0.00141. The number of allylic oxidation sites excluding steroid dienone is 8. The Labute approximate surface area is 367 Å². The molecule has 0 spiro atoms. The fraction of sp³-hybridized carbons (Fsp3) is 0.744. The Kier molecular flexibility index (Phi) is 31.7. The molecule has 0 aromatic rings. The smallest absolute Gasteiger partial charge is 0.462 e. The van der Waals surface area contributed by atoms with E-state index in [-0.39, 0.29) is 18.6 Å². The second kappa shape index (κ2) is 34.0. The molecule has 0 amide bonds. The molecule has 1 aliphatic carbocycles. The number of carbonyl (C=O) groups excluding carboxylic acids is 3. The largest absolute Gasteiger partial charge is 0.472 e. The lowest BCUT2D eigenvalue weighted by Gasteiger charge is -2.43. The van der Waals surface area contributed by atoms with Crippen LogP contribution in [0.25, 0.3) is 0 Å². The van der Waals surface area contributed by atoms with Crippen LogP contribution in [0.1, 0.15) is 149 Å². The topological polar surface area (TPSA) is 273 Å². The number of hydrogen-bond donors (Lipinski definition) is 7. The number of aliphatic hydroxyl groups excluding tert-OH is 4. The summed E-state index contributed by atoms with van der Waals surface area (Å²) in [5.74, 6) is -1.26. The lowest BCUT2D eigenvalue weighted by Crippen LogP contribution is -2.64. The third-order valence-electron chi connectivity index (χ3n) is 9.83. The van der Waals surface area contributed by atoms with E-state index in [1.807, 2.05) is 6.08 Å². The summed E-state index contributed by atoms with van der Waals surface area (Å²) in [4.78, 5) is 66.2. The van der Waals surface area contributed by atoms with E-state index in [9.17, 15) is 48.8 Å². The van der Waals surface area contributed by atoms with Crippen LogP contribution in [0.15, 0.2) is 48.6 Å². The molecule has 0 bridgehead atoms. The van der Waals surface area contributed by atoms with E-state index in [1.54, 1.807) is 12.2 Å². The first-order valence-corrected chi connectivity index (χ1v) is 25.2. The van der Waals surface area contributed by atoms with Crippen molar-refractivity contribution in [1.29, 1.82) is 0 Å². The van der Waals surface area contributed by atoms with E-state index in [4.69, 9.17) is 28.3 Å². The molecule has 0 aromatic carbocycles. The molecule has 62 heavy (non-hydrogen) atoms.